The molecule has 1 aliphatic carbocycles. The monoisotopic (exact) mass is 276 g/mol. The predicted octanol–water partition coefficient (Wildman–Crippen LogP) is 2.05. The molecule has 0 bridgehead atoms. The van der Waals surface area contributed by atoms with Crippen LogP contribution in [0, 0.1) is 11.8 Å². The Hall–Kier alpha value is -1.11. The molecule has 0 aromatic carbocycles. The molecule has 1 fully saturated rings. The van der Waals surface area contributed by atoms with E-state index in [0.717, 1.165) is 12.1 Å². The number of rotatable bonds is 3. The minimum Gasteiger partial charge on any atom is -0.327 e. The summed E-state index contributed by atoms with van der Waals surface area (Å²) < 4.78 is 39.8. The van der Waals surface area contributed by atoms with E-state index in [9.17, 15) is 13.2 Å². The number of halogens is 3. The topological polar surface area (TPSA) is 56.7 Å². The lowest BCUT2D eigenvalue weighted by Crippen LogP contribution is -2.38. The van der Waals surface area contributed by atoms with Crippen LogP contribution >= 0.6 is 0 Å². The second-order valence-corrected chi connectivity index (χ2v) is 5.42. The lowest BCUT2D eigenvalue weighted by atomic mass is 9.77. The third-order valence-corrected chi connectivity index (χ3v) is 3.88. The Labute approximate surface area is 110 Å². The van der Waals surface area contributed by atoms with E-state index in [-0.39, 0.29) is 24.8 Å². The van der Waals surface area contributed by atoms with Gasteiger partial charge in [0, 0.05) is 25.7 Å². The molecular weight excluding hydrogens is 257 g/mol. The van der Waals surface area contributed by atoms with E-state index in [0.29, 0.717) is 12.8 Å². The van der Waals surface area contributed by atoms with Crippen molar-refractivity contribution in [2.24, 2.45) is 24.6 Å². The molecule has 0 saturated heterocycles. The second kappa shape index (κ2) is 5.48. The van der Waals surface area contributed by atoms with Crippen molar-refractivity contribution in [2.45, 2.75) is 44.3 Å². The Morgan fingerprint density at radius 3 is 2.79 bits per heavy atom. The van der Waals surface area contributed by atoms with Crippen LogP contribution in [0.1, 0.15) is 31.4 Å². The maximum atomic E-state index is 12.7. The number of alkyl halides is 3. The summed E-state index contributed by atoms with van der Waals surface area (Å²) in [7, 11) is 1.75. The third kappa shape index (κ3) is 3.68. The van der Waals surface area contributed by atoms with Gasteiger partial charge in [0.25, 0.3) is 0 Å². The van der Waals surface area contributed by atoms with E-state index in [1.807, 2.05) is 0 Å². The number of aromatic nitrogens is 3. The number of hydrogen-bond donors (Lipinski definition) is 1. The average Bonchev–Trinajstić information content (AvgIpc) is 2.74. The molecule has 0 spiro atoms. The maximum absolute atomic E-state index is 12.7. The fourth-order valence-corrected chi connectivity index (χ4v) is 2.81. The molecule has 4 nitrogen and oxygen atoms in total. The van der Waals surface area contributed by atoms with Gasteiger partial charge in [-0.2, -0.15) is 13.2 Å². The molecule has 0 amide bonds. The van der Waals surface area contributed by atoms with Gasteiger partial charge in [0.05, 0.1) is 11.6 Å². The summed E-state index contributed by atoms with van der Waals surface area (Å²) in [5.41, 5.74) is 6.79. The quantitative estimate of drug-likeness (QED) is 0.919. The third-order valence-electron chi connectivity index (χ3n) is 3.88. The van der Waals surface area contributed by atoms with Gasteiger partial charge in [0.15, 0.2) is 0 Å². The van der Waals surface area contributed by atoms with Crippen LogP contribution in [0.25, 0.3) is 0 Å². The molecule has 108 valence electrons. The Balaban J connectivity index is 1.93. The summed E-state index contributed by atoms with van der Waals surface area (Å²) in [6.07, 6.45) is -0.0994. The van der Waals surface area contributed by atoms with E-state index in [2.05, 4.69) is 10.3 Å². The Kier molecular flexibility index (Phi) is 4.13. The normalized spacial score (nSPS) is 26.4. The first-order valence-electron chi connectivity index (χ1n) is 6.53. The standard InChI is InChI=1S/C12H19F3N4/c1-19-7-10(17-18-19)6-11(16)8-3-2-4-9(5-8)12(13,14)15/h7-9,11H,2-6,16H2,1H3. The molecule has 7 heteroatoms. The summed E-state index contributed by atoms with van der Waals surface area (Å²) in [4.78, 5) is 0. The van der Waals surface area contributed by atoms with Crippen LogP contribution < -0.4 is 5.73 Å². The van der Waals surface area contributed by atoms with Gasteiger partial charge >= 0.3 is 6.18 Å². The summed E-state index contributed by atoms with van der Waals surface area (Å²) in [5.74, 6) is -1.28. The molecule has 2 N–H and O–H groups in total. The van der Waals surface area contributed by atoms with Crippen LogP contribution in [0.15, 0.2) is 6.20 Å². The smallest absolute Gasteiger partial charge is 0.327 e. The van der Waals surface area contributed by atoms with Crippen LogP contribution in [-0.2, 0) is 13.5 Å². The van der Waals surface area contributed by atoms with E-state index in [4.69, 9.17) is 5.73 Å². The van der Waals surface area contributed by atoms with Crippen molar-refractivity contribution in [2.75, 3.05) is 0 Å². The van der Waals surface area contributed by atoms with Gasteiger partial charge in [-0.3, -0.25) is 4.68 Å². The van der Waals surface area contributed by atoms with Crippen molar-refractivity contribution in [3.63, 3.8) is 0 Å². The number of nitrogens with two attached hydrogens (primary N) is 1. The van der Waals surface area contributed by atoms with Gasteiger partial charge < -0.3 is 5.73 Å². The molecule has 1 saturated carbocycles. The Bertz CT molecular complexity index is 415. The fourth-order valence-electron chi connectivity index (χ4n) is 2.81. The summed E-state index contributed by atoms with van der Waals surface area (Å²) in [5, 5.41) is 7.73. The van der Waals surface area contributed by atoms with E-state index >= 15 is 0 Å². The molecule has 2 rings (SSSR count). The van der Waals surface area contributed by atoms with Gasteiger partial charge in [-0.1, -0.05) is 11.6 Å². The zero-order chi connectivity index (χ0) is 14.0. The van der Waals surface area contributed by atoms with E-state index < -0.39 is 12.1 Å². The van der Waals surface area contributed by atoms with Crippen LogP contribution in [-0.4, -0.2) is 27.2 Å². The zero-order valence-electron chi connectivity index (χ0n) is 10.9. The summed E-state index contributed by atoms with van der Waals surface area (Å²) >= 11 is 0. The van der Waals surface area contributed by atoms with Crippen molar-refractivity contribution in [3.8, 4) is 0 Å². The van der Waals surface area contributed by atoms with Gasteiger partial charge in [0.2, 0.25) is 0 Å². The first-order valence-corrected chi connectivity index (χ1v) is 6.53. The van der Waals surface area contributed by atoms with Gasteiger partial charge in [-0.05, 0) is 25.2 Å². The molecule has 3 atom stereocenters. The van der Waals surface area contributed by atoms with Crippen LogP contribution in [0.3, 0.4) is 0 Å². The molecule has 1 aliphatic rings. The first-order chi connectivity index (χ1) is 8.86. The van der Waals surface area contributed by atoms with E-state index in [1.165, 1.54) is 0 Å². The highest BCUT2D eigenvalue weighted by Gasteiger charge is 2.43. The zero-order valence-corrected chi connectivity index (χ0v) is 10.9. The van der Waals surface area contributed by atoms with Crippen LogP contribution in [0.4, 0.5) is 13.2 Å². The van der Waals surface area contributed by atoms with Gasteiger partial charge in [-0.25, -0.2) is 0 Å². The van der Waals surface area contributed by atoms with Crippen molar-refractivity contribution < 1.29 is 13.2 Å². The van der Waals surface area contributed by atoms with Crippen molar-refractivity contribution >= 4 is 0 Å². The van der Waals surface area contributed by atoms with Crippen molar-refractivity contribution in [3.05, 3.63) is 11.9 Å². The SMILES string of the molecule is Cn1cc(CC(N)C2CCCC(C(F)(F)F)C2)nn1. The minimum absolute atomic E-state index is 0.0811. The van der Waals surface area contributed by atoms with Crippen molar-refractivity contribution in [1.82, 2.24) is 15.0 Å². The average molecular weight is 276 g/mol. The molecule has 19 heavy (non-hydrogen) atoms. The molecular formula is C12H19F3N4. The predicted molar refractivity (Wildman–Crippen MR) is 64.2 cm³/mol. The highest BCUT2D eigenvalue weighted by Crippen LogP contribution is 2.40. The largest absolute Gasteiger partial charge is 0.391 e. The van der Waals surface area contributed by atoms with Gasteiger partial charge in [0.1, 0.15) is 0 Å². The number of hydrogen-bond acceptors (Lipinski definition) is 3. The highest BCUT2D eigenvalue weighted by atomic mass is 19.4. The van der Waals surface area contributed by atoms with E-state index in [1.54, 1.807) is 17.9 Å². The van der Waals surface area contributed by atoms with Crippen LogP contribution in [0.2, 0.25) is 0 Å². The fraction of sp³-hybridized carbons (Fsp3) is 0.833. The molecule has 1 aromatic rings. The number of aryl methyl sites for hydroxylation is 1. The van der Waals surface area contributed by atoms with Crippen molar-refractivity contribution in [1.29, 1.82) is 0 Å². The van der Waals surface area contributed by atoms with Gasteiger partial charge in [-0.15, -0.1) is 5.10 Å². The van der Waals surface area contributed by atoms with Crippen LogP contribution in [0.5, 0.6) is 0 Å². The first kappa shape index (κ1) is 14.3. The maximum Gasteiger partial charge on any atom is 0.391 e. The molecule has 1 aromatic heterocycles. The molecule has 0 aliphatic heterocycles. The Morgan fingerprint density at radius 1 is 1.47 bits per heavy atom. The highest BCUT2D eigenvalue weighted by molar-refractivity contribution is 4.97. The lowest BCUT2D eigenvalue weighted by Gasteiger charge is -2.33. The second-order valence-electron chi connectivity index (χ2n) is 5.42. The summed E-state index contributed by atoms with van der Waals surface area (Å²) in [6, 6.07) is -0.276. The lowest BCUT2D eigenvalue weighted by molar-refractivity contribution is -0.186. The summed E-state index contributed by atoms with van der Waals surface area (Å²) in [6.45, 7) is 0. The number of nitrogens with zero attached hydrogens (tertiary/aromatic N) is 3. The molecule has 3 unspecified atom stereocenters. The minimum atomic E-state index is -4.09. The molecule has 0 radical (unpaired) electrons. The Morgan fingerprint density at radius 2 is 2.21 bits per heavy atom. The molecule has 1 heterocycles.